The van der Waals surface area contributed by atoms with Gasteiger partial charge in [-0.3, -0.25) is 4.79 Å². The summed E-state index contributed by atoms with van der Waals surface area (Å²) in [5, 5.41) is 1.08. The standard InChI is InChI=1S/C14H8Cl2O/c15-11-5-6-12(16)13-10(11)7-8-3-1-2-4-9(8)14(13)17/h1-6H,7H2. The molecule has 0 radical (unpaired) electrons. The van der Waals surface area contributed by atoms with Gasteiger partial charge in [0.05, 0.1) is 5.02 Å². The third kappa shape index (κ3) is 1.58. The van der Waals surface area contributed by atoms with Gasteiger partial charge in [0.2, 0.25) is 0 Å². The molecule has 0 atom stereocenters. The van der Waals surface area contributed by atoms with Crippen LogP contribution < -0.4 is 0 Å². The molecule has 2 aromatic rings. The highest BCUT2D eigenvalue weighted by atomic mass is 35.5. The van der Waals surface area contributed by atoms with Crippen LogP contribution in [0.25, 0.3) is 0 Å². The molecule has 0 aromatic heterocycles. The van der Waals surface area contributed by atoms with Crippen molar-refractivity contribution in [3.8, 4) is 0 Å². The Morgan fingerprint density at radius 2 is 1.65 bits per heavy atom. The van der Waals surface area contributed by atoms with Gasteiger partial charge in [0, 0.05) is 22.6 Å². The van der Waals surface area contributed by atoms with E-state index in [4.69, 9.17) is 23.2 Å². The Morgan fingerprint density at radius 1 is 0.941 bits per heavy atom. The molecule has 0 amide bonds. The van der Waals surface area contributed by atoms with Crippen LogP contribution in [0.2, 0.25) is 10.0 Å². The lowest BCUT2D eigenvalue weighted by Crippen LogP contribution is -2.15. The van der Waals surface area contributed by atoms with Crippen LogP contribution in [-0.2, 0) is 6.42 Å². The molecule has 3 heteroatoms. The van der Waals surface area contributed by atoms with Crippen molar-refractivity contribution >= 4 is 29.0 Å². The van der Waals surface area contributed by atoms with Crippen LogP contribution in [0.5, 0.6) is 0 Å². The molecule has 0 bridgehead atoms. The predicted octanol–water partition coefficient (Wildman–Crippen LogP) is 4.13. The van der Waals surface area contributed by atoms with Gasteiger partial charge in [0.25, 0.3) is 0 Å². The van der Waals surface area contributed by atoms with Gasteiger partial charge in [-0.2, -0.15) is 0 Å². The van der Waals surface area contributed by atoms with Gasteiger partial charge in [-0.15, -0.1) is 0 Å². The van der Waals surface area contributed by atoms with Crippen molar-refractivity contribution in [3.63, 3.8) is 0 Å². The number of ketones is 1. The van der Waals surface area contributed by atoms with E-state index in [0.717, 1.165) is 16.7 Å². The number of benzene rings is 2. The molecule has 3 rings (SSSR count). The van der Waals surface area contributed by atoms with Gasteiger partial charge in [0.15, 0.2) is 5.78 Å². The van der Waals surface area contributed by atoms with Crippen molar-refractivity contribution in [1.82, 2.24) is 0 Å². The first-order valence-corrected chi connectivity index (χ1v) is 6.03. The molecule has 0 saturated carbocycles. The molecule has 0 saturated heterocycles. The van der Waals surface area contributed by atoms with Crippen molar-refractivity contribution in [2.75, 3.05) is 0 Å². The summed E-state index contributed by atoms with van der Waals surface area (Å²) in [6.45, 7) is 0. The maximum absolute atomic E-state index is 12.3. The van der Waals surface area contributed by atoms with Crippen LogP contribution in [0.1, 0.15) is 27.0 Å². The lowest BCUT2D eigenvalue weighted by Gasteiger charge is -2.20. The summed E-state index contributed by atoms with van der Waals surface area (Å²) in [7, 11) is 0. The Morgan fingerprint density at radius 3 is 2.47 bits per heavy atom. The number of hydrogen-bond donors (Lipinski definition) is 0. The van der Waals surface area contributed by atoms with Crippen LogP contribution in [0.15, 0.2) is 36.4 Å². The van der Waals surface area contributed by atoms with E-state index >= 15 is 0 Å². The van der Waals surface area contributed by atoms with Crippen molar-refractivity contribution in [1.29, 1.82) is 0 Å². The Bertz CT molecular complexity index is 632. The van der Waals surface area contributed by atoms with E-state index in [1.54, 1.807) is 12.1 Å². The normalized spacial score (nSPS) is 13.2. The van der Waals surface area contributed by atoms with Gasteiger partial charge >= 0.3 is 0 Å². The van der Waals surface area contributed by atoms with E-state index in [1.807, 2.05) is 24.3 Å². The topological polar surface area (TPSA) is 17.1 Å². The molecule has 0 N–H and O–H groups in total. The van der Waals surface area contributed by atoms with Crippen LogP contribution in [0.4, 0.5) is 0 Å². The molecular formula is C14H8Cl2O. The molecule has 84 valence electrons. The minimum absolute atomic E-state index is 0.0330. The first kappa shape index (κ1) is 10.8. The molecule has 0 aliphatic heterocycles. The smallest absolute Gasteiger partial charge is 0.195 e. The summed E-state index contributed by atoms with van der Waals surface area (Å²) in [5.74, 6) is -0.0330. The molecule has 1 aliphatic carbocycles. The second-order valence-corrected chi connectivity index (χ2v) is 4.86. The second-order valence-electron chi connectivity index (χ2n) is 4.05. The van der Waals surface area contributed by atoms with E-state index in [2.05, 4.69) is 0 Å². The highest BCUT2D eigenvalue weighted by Crippen LogP contribution is 2.35. The Kier molecular flexibility index (Phi) is 2.46. The number of carbonyl (C=O) groups is 1. The average molecular weight is 263 g/mol. The average Bonchev–Trinajstić information content (AvgIpc) is 2.34. The summed E-state index contributed by atoms with van der Waals surface area (Å²) >= 11 is 12.2. The highest BCUT2D eigenvalue weighted by Gasteiger charge is 2.26. The van der Waals surface area contributed by atoms with Crippen molar-refractivity contribution < 1.29 is 4.79 Å². The summed E-state index contributed by atoms with van der Waals surface area (Å²) in [6, 6.07) is 11.0. The molecular weight excluding hydrogens is 255 g/mol. The SMILES string of the molecule is O=C1c2ccccc2Cc2c(Cl)ccc(Cl)c21. The van der Waals surface area contributed by atoms with Crippen LogP contribution >= 0.6 is 23.2 Å². The van der Waals surface area contributed by atoms with Crippen molar-refractivity contribution in [3.05, 3.63) is 68.7 Å². The summed E-state index contributed by atoms with van der Waals surface area (Å²) in [6.07, 6.45) is 0.663. The van der Waals surface area contributed by atoms with Crippen molar-refractivity contribution in [2.45, 2.75) is 6.42 Å². The number of halogens is 2. The summed E-state index contributed by atoms with van der Waals surface area (Å²) < 4.78 is 0. The molecule has 0 fully saturated rings. The Labute approximate surface area is 109 Å². The molecule has 1 aliphatic rings. The zero-order chi connectivity index (χ0) is 12.0. The predicted molar refractivity (Wildman–Crippen MR) is 69.1 cm³/mol. The monoisotopic (exact) mass is 262 g/mol. The maximum atomic E-state index is 12.3. The Balaban J connectivity index is 2.30. The maximum Gasteiger partial charge on any atom is 0.195 e. The zero-order valence-corrected chi connectivity index (χ0v) is 10.3. The fourth-order valence-electron chi connectivity index (χ4n) is 2.23. The van der Waals surface area contributed by atoms with Gasteiger partial charge in [-0.05, 0) is 23.3 Å². The lowest BCUT2D eigenvalue weighted by atomic mass is 9.85. The third-order valence-corrected chi connectivity index (χ3v) is 3.73. The van der Waals surface area contributed by atoms with E-state index < -0.39 is 0 Å². The molecule has 0 heterocycles. The van der Waals surface area contributed by atoms with Gasteiger partial charge in [0.1, 0.15) is 0 Å². The molecule has 0 spiro atoms. The number of fused-ring (bicyclic) bond motifs is 2. The number of rotatable bonds is 0. The minimum Gasteiger partial charge on any atom is -0.289 e. The quantitative estimate of drug-likeness (QED) is 0.596. The van der Waals surface area contributed by atoms with Gasteiger partial charge < -0.3 is 0 Å². The third-order valence-electron chi connectivity index (χ3n) is 3.06. The first-order chi connectivity index (χ1) is 8.18. The second kappa shape index (κ2) is 3.86. The van der Waals surface area contributed by atoms with E-state index in [-0.39, 0.29) is 5.78 Å². The fourth-order valence-corrected chi connectivity index (χ4v) is 2.72. The van der Waals surface area contributed by atoms with E-state index in [9.17, 15) is 4.79 Å². The van der Waals surface area contributed by atoms with Gasteiger partial charge in [-0.1, -0.05) is 47.5 Å². The molecule has 2 aromatic carbocycles. The number of carbonyl (C=O) groups excluding carboxylic acids is 1. The lowest BCUT2D eigenvalue weighted by molar-refractivity contribution is 0.103. The highest BCUT2D eigenvalue weighted by molar-refractivity contribution is 6.38. The first-order valence-electron chi connectivity index (χ1n) is 5.28. The van der Waals surface area contributed by atoms with E-state index in [1.165, 1.54) is 0 Å². The molecule has 17 heavy (non-hydrogen) atoms. The van der Waals surface area contributed by atoms with E-state index in [0.29, 0.717) is 22.0 Å². The van der Waals surface area contributed by atoms with Crippen LogP contribution in [0, 0.1) is 0 Å². The summed E-state index contributed by atoms with van der Waals surface area (Å²) in [5.41, 5.74) is 3.12. The summed E-state index contributed by atoms with van der Waals surface area (Å²) in [4.78, 5) is 12.3. The van der Waals surface area contributed by atoms with Crippen LogP contribution in [0.3, 0.4) is 0 Å². The van der Waals surface area contributed by atoms with Crippen LogP contribution in [-0.4, -0.2) is 5.78 Å². The number of hydrogen-bond acceptors (Lipinski definition) is 1. The minimum atomic E-state index is -0.0330. The largest absolute Gasteiger partial charge is 0.289 e. The zero-order valence-electron chi connectivity index (χ0n) is 8.84. The molecule has 1 nitrogen and oxygen atoms in total. The van der Waals surface area contributed by atoms with Gasteiger partial charge in [-0.25, -0.2) is 0 Å². The fraction of sp³-hybridized carbons (Fsp3) is 0.0714. The Hall–Kier alpha value is -1.31. The van der Waals surface area contributed by atoms with Crippen molar-refractivity contribution in [2.24, 2.45) is 0 Å². The molecule has 0 unspecified atom stereocenters.